The summed E-state index contributed by atoms with van der Waals surface area (Å²) >= 11 is 7.90. The summed E-state index contributed by atoms with van der Waals surface area (Å²) < 4.78 is 32.3. The second-order valence-corrected chi connectivity index (χ2v) is 9.05. The highest BCUT2D eigenvalue weighted by Gasteiger charge is 2.27. The summed E-state index contributed by atoms with van der Waals surface area (Å²) in [6, 6.07) is 3.19. The zero-order valence-electron chi connectivity index (χ0n) is 10.3. The third-order valence-corrected chi connectivity index (χ3v) is 6.79. The van der Waals surface area contributed by atoms with E-state index >= 15 is 0 Å². The van der Waals surface area contributed by atoms with Crippen LogP contribution in [-0.2, 0) is 23.2 Å². The van der Waals surface area contributed by atoms with Crippen molar-refractivity contribution in [2.45, 2.75) is 18.0 Å². The van der Waals surface area contributed by atoms with Gasteiger partial charge in [0.15, 0.2) is 4.67 Å². The lowest BCUT2D eigenvalue weighted by Crippen LogP contribution is -2.26. The molecule has 0 bridgehead atoms. The van der Waals surface area contributed by atoms with Crippen LogP contribution >= 0.6 is 43.2 Å². The van der Waals surface area contributed by atoms with Gasteiger partial charge in [0.1, 0.15) is 17.3 Å². The third-order valence-electron chi connectivity index (χ3n) is 2.58. The minimum atomic E-state index is -3.68. The van der Waals surface area contributed by atoms with Gasteiger partial charge < -0.3 is 9.52 Å². The Morgan fingerprint density at radius 1 is 1.40 bits per heavy atom. The average Bonchev–Trinajstić information content (AvgIpc) is 2.95. The van der Waals surface area contributed by atoms with Gasteiger partial charge in [-0.15, -0.1) is 11.3 Å². The Bertz CT molecular complexity index is 708. The summed E-state index contributed by atoms with van der Waals surface area (Å²) in [5, 5.41) is 10.9. The third kappa shape index (κ3) is 3.34. The molecule has 2 aromatic rings. The Morgan fingerprint density at radius 2 is 2.10 bits per heavy atom. The van der Waals surface area contributed by atoms with Crippen LogP contribution in [0.4, 0.5) is 0 Å². The number of thiophene rings is 1. The maximum absolute atomic E-state index is 12.4. The van der Waals surface area contributed by atoms with Crippen molar-refractivity contribution < 1.29 is 17.9 Å². The van der Waals surface area contributed by atoms with E-state index in [1.165, 1.54) is 28.8 Å². The molecule has 110 valence electrons. The second-order valence-electron chi connectivity index (χ2n) is 4.03. The summed E-state index contributed by atoms with van der Waals surface area (Å²) in [5.74, 6) is 0.196. The van der Waals surface area contributed by atoms with Gasteiger partial charge in [-0.1, -0.05) is 0 Å². The number of rotatable bonds is 5. The highest BCUT2D eigenvalue weighted by molar-refractivity contribution is 9.11. The lowest BCUT2D eigenvalue weighted by Gasteiger charge is -2.15. The number of aliphatic hydroxyl groups is 1. The quantitative estimate of drug-likeness (QED) is 0.768. The summed E-state index contributed by atoms with van der Waals surface area (Å²) in [7, 11) is -2.18. The smallest absolute Gasteiger partial charge is 0.247 e. The largest absolute Gasteiger partial charge is 0.450 e. The Labute approximate surface area is 137 Å². The van der Waals surface area contributed by atoms with Crippen LogP contribution in [0.3, 0.4) is 0 Å². The molecule has 0 aromatic carbocycles. The van der Waals surface area contributed by atoms with E-state index in [4.69, 9.17) is 9.52 Å². The molecule has 0 aliphatic heterocycles. The van der Waals surface area contributed by atoms with Crippen LogP contribution in [0.15, 0.2) is 35.3 Å². The molecule has 0 amide bonds. The Kier molecular flexibility index (Phi) is 5.09. The van der Waals surface area contributed by atoms with Crippen molar-refractivity contribution in [1.82, 2.24) is 4.31 Å². The highest BCUT2D eigenvalue weighted by atomic mass is 79.9. The van der Waals surface area contributed by atoms with Gasteiger partial charge in [0.05, 0.1) is 3.79 Å². The van der Waals surface area contributed by atoms with Gasteiger partial charge in [-0.3, -0.25) is 0 Å². The number of furan rings is 1. The van der Waals surface area contributed by atoms with E-state index in [0.29, 0.717) is 0 Å². The van der Waals surface area contributed by atoms with Crippen molar-refractivity contribution in [2.24, 2.45) is 0 Å². The van der Waals surface area contributed by atoms with Crippen molar-refractivity contribution in [2.75, 3.05) is 7.05 Å². The second kappa shape index (κ2) is 6.29. The van der Waals surface area contributed by atoms with Crippen LogP contribution in [-0.4, -0.2) is 24.9 Å². The number of aliphatic hydroxyl groups excluding tert-OH is 1. The number of hydrogen-bond acceptors (Lipinski definition) is 5. The van der Waals surface area contributed by atoms with Gasteiger partial charge in [-0.2, -0.15) is 4.31 Å². The molecule has 9 heteroatoms. The van der Waals surface area contributed by atoms with E-state index in [2.05, 4.69) is 31.9 Å². The fourth-order valence-corrected chi connectivity index (χ4v) is 4.91. The molecule has 0 saturated heterocycles. The highest BCUT2D eigenvalue weighted by Crippen LogP contribution is 2.29. The van der Waals surface area contributed by atoms with Crippen LogP contribution in [0.5, 0.6) is 0 Å². The van der Waals surface area contributed by atoms with Gasteiger partial charge >= 0.3 is 0 Å². The van der Waals surface area contributed by atoms with E-state index in [1.54, 1.807) is 0 Å². The zero-order valence-corrected chi connectivity index (χ0v) is 15.1. The summed E-state index contributed by atoms with van der Waals surface area (Å²) in [5.41, 5.74) is 0.898. The molecule has 20 heavy (non-hydrogen) atoms. The van der Waals surface area contributed by atoms with E-state index < -0.39 is 10.0 Å². The number of nitrogens with zero attached hydrogens (tertiary/aromatic N) is 1. The SMILES string of the molecule is CN(Cc1csc(Br)c1)S(=O)(=O)c1cc(CO)oc1Br. The molecule has 0 fully saturated rings. The lowest BCUT2D eigenvalue weighted by molar-refractivity contribution is 0.245. The summed E-state index contributed by atoms with van der Waals surface area (Å²) in [6.45, 7) is -0.0914. The minimum Gasteiger partial charge on any atom is -0.450 e. The van der Waals surface area contributed by atoms with E-state index in [1.807, 2.05) is 11.4 Å². The molecule has 2 aromatic heterocycles. The number of sulfonamides is 1. The van der Waals surface area contributed by atoms with Gasteiger partial charge in [0.25, 0.3) is 0 Å². The predicted octanol–water partition coefficient (Wildman–Crippen LogP) is 3.18. The van der Waals surface area contributed by atoms with Crippen molar-refractivity contribution in [3.63, 3.8) is 0 Å². The van der Waals surface area contributed by atoms with Crippen molar-refractivity contribution in [3.05, 3.63) is 37.3 Å². The molecule has 0 atom stereocenters. The van der Waals surface area contributed by atoms with E-state index in [0.717, 1.165) is 9.35 Å². The van der Waals surface area contributed by atoms with Crippen molar-refractivity contribution >= 4 is 53.2 Å². The van der Waals surface area contributed by atoms with Crippen LogP contribution in [0.25, 0.3) is 0 Å². The molecule has 1 N–H and O–H groups in total. The summed E-state index contributed by atoms with van der Waals surface area (Å²) in [4.78, 5) is 0.0124. The maximum atomic E-state index is 12.4. The zero-order chi connectivity index (χ0) is 14.9. The first-order valence-electron chi connectivity index (χ1n) is 5.43. The molecule has 2 heterocycles. The van der Waals surface area contributed by atoms with Gasteiger partial charge in [-0.25, -0.2) is 8.42 Å². The molecular weight excluding hydrogens is 434 g/mol. The lowest BCUT2D eigenvalue weighted by atomic mass is 10.3. The molecule has 0 aliphatic rings. The normalized spacial score (nSPS) is 12.2. The van der Waals surface area contributed by atoms with E-state index in [9.17, 15) is 8.42 Å². The maximum Gasteiger partial charge on any atom is 0.247 e. The van der Waals surface area contributed by atoms with Crippen LogP contribution in [0.1, 0.15) is 11.3 Å². The number of hydrogen-bond donors (Lipinski definition) is 1. The molecule has 5 nitrogen and oxygen atoms in total. The van der Waals surface area contributed by atoms with Crippen LogP contribution < -0.4 is 0 Å². The first-order valence-corrected chi connectivity index (χ1v) is 9.33. The van der Waals surface area contributed by atoms with Gasteiger partial charge in [0.2, 0.25) is 10.0 Å². The molecule has 2 rings (SSSR count). The predicted molar refractivity (Wildman–Crippen MR) is 83.0 cm³/mol. The van der Waals surface area contributed by atoms with Gasteiger partial charge in [-0.05, 0) is 48.9 Å². The Balaban J connectivity index is 2.26. The first kappa shape index (κ1) is 16.2. The topological polar surface area (TPSA) is 70.8 Å². The first-order chi connectivity index (χ1) is 9.34. The molecular formula is C11H11Br2NO4S2. The minimum absolute atomic E-state index is 0.0124. The summed E-state index contributed by atoms with van der Waals surface area (Å²) in [6.07, 6.45) is 0. The van der Waals surface area contributed by atoms with Crippen LogP contribution in [0.2, 0.25) is 0 Å². The standard InChI is InChI=1S/C11H11Br2NO4S2/c1-14(4-7-2-10(12)19-6-7)20(16,17)9-3-8(5-15)18-11(9)13/h2-3,6,15H,4-5H2,1H3. The van der Waals surface area contributed by atoms with Crippen molar-refractivity contribution in [3.8, 4) is 0 Å². The monoisotopic (exact) mass is 443 g/mol. The van der Waals surface area contributed by atoms with Crippen molar-refractivity contribution in [1.29, 1.82) is 0 Å². The van der Waals surface area contributed by atoms with E-state index in [-0.39, 0.29) is 28.5 Å². The number of halogens is 2. The van der Waals surface area contributed by atoms with Crippen LogP contribution in [0, 0.1) is 0 Å². The molecule has 0 unspecified atom stereocenters. The molecule has 0 saturated carbocycles. The molecule has 0 spiro atoms. The molecule has 0 aliphatic carbocycles. The fourth-order valence-electron chi connectivity index (χ4n) is 1.59. The van der Waals surface area contributed by atoms with Gasteiger partial charge in [0, 0.05) is 19.7 Å². The average molecular weight is 445 g/mol. The fraction of sp³-hybridized carbons (Fsp3) is 0.273. The molecule has 0 radical (unpaired) electrons. The Hall–Kier alpha value is -0.190. The Morgan fingerprint density at radius 3 is 2.60 bits per heavy atom.